The van der Waals surface area contributed by atoms with Gasteiger partial charge in [-0.1, -0.05) is 23.9 Å². The molecule has 0 unspecified atom stereocenters. The van der Waals surface area contributed by atoms with Crippen LogP contribution in [0.3, 0.4) is 0 Å². The molecule has 0 radical (unpaired) electrons. The molecule has 0 spiro atoms. The normalized spacial score (nSPS) is 15.7. The molecule has 120 valence electrons. The molecule has 0 amide bonds. The summed E-state index contributed by atoms with van der Waals surface area (Å²) < 4.78 is 4.82. The van der Waals surface area contributed by atoms with Gasteiger partial charge in [0.05, 0.1) is 24.1 Å². The van der Waals surface area contributed by atoms with Gasteiger partial charge in [-0.15, -0.1) is 0 Å². The van der Waals surface area contributed by atoms with Gasteiger partial charge in [0.25, 0.3) is 0 Å². The van der Waals surface area contributed by atoms with E-state index in [1.165, 1.54) is 30.0 Å². The number of amidine groups is 1. The number of carbonyl (C=O) groups excluding carboxylic acids is 1. The number of carboxylic acids is 1. The number of hydrogen-bond donors (Lipinski definition) is 2. The van der Waals surface area contributed by atoms with E-state index in [2.05, 4.69) is 15.5 Å². The van der Waals surface area contributed by atoms with Crippen LogP contribution in [0.5, 0.6) is 0 Å². The van der Waals surface area contributed by atoms with Crippen LogP contribution in [-0.4, -0.2) is 40.8 Å². The summed E-state index contributed by atoms with van der Waals surface area (Å²) in [4.78, 5) is 26.3. The molecule has 0 saturated carbocycles. The SMILES string of the molecule is CCOC(=O)/C=C1/CSC(N/N=C/c2ccc(C(=O)O)cc2)=N1. The summed E-state index contributed by atoms with van der Waals surface area (Å²) in [5.74, 6) is -0.802. The fraction of sp³-hybridized carbons (Fsp3) is 0.200. The second-order valence-corrected chi connectivity index (χ2v) is 5.35. The number of hydrazone groups is 1. The third-order valence-corrected chi connectivity index (χ3v) is 3.60. The highest BCUT2D eigenvalue weighted by Gasteiger charge is 2.13. The van der Waals surface area contributed by atoms with Gasteiger partial charge < -0.3 is 9.84 Å². The van der Waals surface area contributed by atoms with Crippen molar-refractivity contribution >= 4 is 35.1 Å². The van der Waals surface area contributed by atoms with Gasteiger partial charge in [0.15, 0.2) is 5.17 Å². The van der Waals surface area contributed by atoms with Crippen LogP contribution in [0.1, 0.15) is 22.8 Å². The number of nitrogens with zero attached hydrogens (tertiary/aromatic N) is 2. The molecule has 1 heterocycles. The lowest BCUT2D eigenvalue weighted by Crippen LogP contribution is -2.11. The predicted molar refractivity (Wildman–Crippen MR) is 88.7 cm³/mol. The van der Waals surface area contributed by atoms with Crippen LogP contribution in [0.4, 0.5) is 0 Å². The molecule has 0 saturated heterocycles. The molecule has 0 bridgehead atoms. The number of carboxylic acid groups (broad SMARTS) is 1. The molecule has 1 aromatic rings. The summed E-state index contributed by atoms with van der Waals surface area (Å²) in [5, 5.41) is 13.4. The highest BCUT2D eigenvalue weighted by Crippen LogP contribution is 2.19. The summed E-state index contributed by atoms with van der Waals surface area (Å²) in [6, 6.07) is 6.33. The molecule has 1 aromatic carbocycles. The van der Waals surface area contributed by atoms with E-state index in [0.717, 1.165) is 5.56 Å². The Hall–Kier alpha value is -2.61. The Morgan fingerprint density at radius 1 is 1.43 bits per heavy atom. The summed E-state index contributed by atoms with van der Waals surface area (Å²) in [5.41, 5.74) is 4.38. The van der Waals surface area contributed by atoms with Gasteiger partial charge in [-0.25, -0.2) is 14.6 Å². The standard InChI is InChI=1S/C15H15N3O4S/c1-2-22-13(19)7-12-9-23-15(17-12)18-16-8-10-3-5-11(6-4-10)14(20)21/h3-8H,2,9H2,1H3,(H,17,18)(H,20,21)/b12-7-,16-8+. The Bertz CT molecular complexity index is 680. The van der Waals surface area contributed by atoms with E-state index in [4.69, 9.17) is 9.84 Å². The van der Waals surface area contributed by atoms with E-state index >= 15 is 0 Å². The molecule has 7 nitrogen and oxygen atoms in total. The van der Waals surface area contributed by atoms with Gasteiger partial charge in [0, 0.05) is 11.8 Å². The average molecular weight is 333 g/mol. The molecule has 1 aliphatic heterocycles. The Balaban J connectivity index is 1.90. The lowest BCUT2D eigenvalue weighted by atomic mass is 10.1. The number of nitrogens with one attached hydrogen (secondary N) is 1. The van der Waals surface area contributed by atoms with Crippen molar-refractivity contribution in [2.45, 2.75) is 6.92 Å². The van der Waals surface area contributed by atoms with Crippen molar-refractivity contribution in [3.05, 3.63) is 47.2 Å². The second kappa shape index (κ2) is 8.14. The molecule has 2 rings (SSSR count). The van der Waals surface area contributed by atoms with E-state index in [0.29, 0.717) is 23.2 Å². The van der Waals surface area contributed by atoms with Gasteiger partial charge in [0.1, 0.15) is 0 Å². The fourth-order valence-corrected chi connectivity index (χ4v) is 2.39. The number of ether oxygens (including phenoxy) is 1. The van der Waals surface area contributed by atoms with E-state index in [-0.39, 0.29) is 5.56 Å². The van der Waals surface area contributed by atoms with Gasteiger partial charge in [-0.2, -0.15) is 5.10 Å². The zero-order valence-electron chi connectivity index (χ0n) is 12.4. The van der Waals surface area contributed by atoms with E-state index in [1.807, 2.05) is 0 Å². The zero-order chi connectivity index (χ0) is 16.7. The number of aliphatic imine (C=N–C) groups is 1. The maximum Gasteiger partial charge on any atom is 0.335 e. The maximum atomic E-state index is 11.3. The molecule has 1 aliphatic rings. The van der Waals surface area contributed by atoms with Crippen molar-refractivity contribution < 1.29 is 19.4 Å². The Morgan fingerprint density at radius 3 is 2.83 bits per heavy atom. The number of benzene rings is 1. The van der Waals surface area contributed by atoms with E-state index in [9.17, 15) is 9.59 Å². The highest BCUT2D eigenvalue weighted by molar-refractivity contribution is 8.14. The minimum absolute atomic E-state index is 0.222. The topological polar surface area (TPSA) is 100 Å². The van der Waals surface area contributed by atoms with Crippen molar-refractivity contribution in [1.82, 2.24) is 5.43 Å². The molecule has 0 fully saturated rings. The van der Waals surface area contributed by atoms with Crippen LogP contribution in [-0.2, 0) is 9.53 Å². The second-order valence-electron chi connectivity index (χ2n) is 4.39. The first-order chi connectivity index (χ1) is 11.1. The molecule has 0 aliphatic carbocycles. The average Bonchev–Trinajstić information content (AvgIpc) is 2.95. The smallest absolute Gasteiger partial charge is 0.335 e. The molecular formula is C15H15N3O4S. The lowest BCUT2D eigenvalue weighted by Gasteiger charge is -1.97. The first kappa shape index (κ1) is 16.8. The van der Waals surface area contributed by atoms with Crippen LogP contribution in [0.2, 0.25) is 0 Å². The summed E-state index contributed by atoms with van der Waals surface area (Å²) in [7, 11) is 0. The van der Waals surface area contributed by atoms with E-state index < -0.39 is 11.9 Å². The third-order valence-electron chi connectivity index (χ3n) is 2.70. The largest absolute Gasteiger partial charge is 0.478 e. The monoisotopic (exact) mass is 333 g/mol. The lowest BCUT2D eigenvalue weighted by molar-refractivity contribution is -0.137. The summed E-state index contributed by atoms with van der Waals surface area (Å²) >= 11 is 1.42. The van der Waals surface area contributed by atoms with Crippen molar-refractivity contribution in [2.24, 2.45) is 10.1 Å². The molecule has 0 aromatic heterocycles. The van der Waals surface area contributed by atoms with Crippen LogP contribution in [0.25, 0.3) is 0 Å². The van der Waals surface area contributed by atoms with E-state index in [1.54, 1.807) is 25.3 Å². The molecule has 0 atom stereocenters. The van der Waals surface area contributed by atoms with Crippen LogP contribution in [0, 0.1) is 0 Å². The number of rotatable bonds is 5. The first-order valence-corrected chi connectivity index (χ1v) is 7.78. The van der Waals surface area contributed by atoms with Crippen molar-refractivity contribution in [1.29, 1.82) is 0 Å². The Morgan fingerprint density at radius 2 is 2.17 bits per heavy atom. The third kappa shape index (κ3) is 5.26. The van der Waals surface area contributed by atoms with Crippen LogP contribution >= 0.6 is 11.8 Å². The summed E-state index contributed by atoms with van der Waals surface area (Å²) in [6.07, 6.45) is 2.92. The minimum atomic E-state index is -0.968. The highest BCUT2D eigenvalue weighted by atomic mass is 32.2. The number of thioether (sulfide) groups is 1. The summed E-state index contributed by atoms with van der Waals surface area (Å²) in [6.45, 7) is 2.07. The molecule has 23 heavy (non-hydrogen) atoms. The van der Waals surface area contributed by atoms with Gasteiger partial charge >= 0.3 is 11.9 Å². The predicted octanol–water partition coefficient (Wildman–Crippen LogP) is 1.86. The number of esters is 1. The maximum absolute atomic E-state index is 11.3. The number of carbonyl (C=O) groups is 2. The molecular weight excluding hydrogens is 318 g/mol. The van der Waals surface area contributed by atoms with Crippen molar-refractivity contribution in [3.63, 3.8) is 0 Å². The minimum Gasteiger partial charge on any atom is -0.478 e. The van der Waals surface area contributed by atoms with Crippen molar-refractivity contribution in [2.75, 3.05) is 12.4 Å². The number of aromatic carboxylic acids is 1. The van der Waals surface area contributed by atoms with Crippen LogP contribution < -0.4 is 5.43 Å². The molecule has 8 heteroatoms. The quantitative estimate of drug-likeness (QED) is 0.369. The van der Waals surface area contributed by atoms with Gasteiger partial charge in [-0.3, -0.25) is 5.43 Å². The van der Waals surface area contributed by atoms with Gasteiger partial charge in [0.2, 0.25) is 0 Å². The molecule has 2 N–H and O–H groups in total. The first-order valence-electron chi connectivity index (χ1n) is 6.79. The van der Waals surface area contributed by atoms with Crippen LogP contribution in [0.15, 0.2) is 46.1 Å². The van der Waals surface area contributed by atoms with Crippen molar-refractivity contribution in [3.8, 4) is 0 Å². The Kier molecular flexibility index (Phi) is 5.93. The zero-order valence-corrected chi connectivity index (χ0v) is 13.2. The number of hydrogen-bond acceptors (Lipinski definition) is 7. The van der Waals surface area contributed by atoms with Gasteiger partial charge in [-0.05, 0) is 24.6 Å². The fourth-order valence-electron chi connectivity index (χ4n) is 1.66. The Labute approximate surface area is 137 Å².